The summed E-state index contributed by atoms with van der Waals surface area (Å²) in [6.45, 7) is 0. The van der Waals surface area contributed by atoms with Gasteiger partial charge >= 0.3 is 11.7 Å². The van der Waals surface area contributed by atoms with Gasteiger partial charge in [0.15, 0.2) is 6.10 Å². The molecule has 0 bridgehead atoms. The zero-order valence-corrected chi connectivity index (χ0v) is 10.9. The van der Waals surface area contributed by atoms with Gasteiger partial charge in [0.2, 0.25) is 5.75 Å². The smallest absolute Gasteiger partial charge is 0.347 e. The Kier molecular flexibility index (Phi) is 3.90. The van der Waals surface area contributed by atoms with Crippen LogP contribution in [0.25, 0.3) is 0 Å². The predicted octanol–water partition coefficient (Wildman–Crippen LogP) is 2.58. The molecule has 0 amide bonds. The monoisotopic (exact) mass is 285 g/mol. The number of nitrogens with zero attached hydrogens (tertiary/aromatic N) is 1. The molecule has 1 saturated carbocycles. The van der Waals surface area contributed by atoms with Crippen LogP contribution in [0.3, 0.4) is 0 Å². The van der Waals surface area contributed by atoms with E-state index in [0.29, 0.717) is 0 Å². The first-order valence-corrected chi connectivity index (χ1v) is 6.09. The molecule has 1 aromatic rings. The maximum Gasteiger partial charge on any atom is 0.347 e. The Hall–Kier alpha value is -1.82. The highest BCUT2D eigenvalue weighted by Crippen LogP contribution is 2.40. The number of nitro groups is 1. The van der Waals surface area contributed by atoms with Crippen molar-refractivity contribution in [1.82, 2.24) is 0 Å². The summed E-state index contributed by atoms with van der Waals surface area (Å²) < 4.78 is 10.1. The van der Waals surface area contributed by atoms with Gasteiger partial charge in [-0.1, -0.05) is 17.7 Å². The van der Waals surface area contributed by atoms with E-state index in [-0.39, 0.29) is 22.4 Å². The number of ether oxygens (including phenoxy) is 2. The van der Waals surface area contributed by atoms with Crippen LogP contribution in [0.4, 0.5) is 5.69 Å². The van der Waals surface area contributed by atoms with E-state index >= 15 is 0 Å². The molecule has 0 saturated heterocycles. The molecule has 6 nitrogen and oxygen atoms in total. The molecular weight excluding hydrogens is 274 g/mol. The molecule has 1 aliphatic carbocycles. The van der Waals surface area contributed by atoms with Gasteiger partial charge in [-0.15, -0.1) is 0 Å². The molecule has 19 heavy (non-hydrogen) atoms. The van der Waals surface area contributed by atoms with Crippen LogP contribution >= 0.6 is 11.6 Å². The number of esters is 1. The molecule has 7 heteroatoms. The van der Waals surface area contributed by atoms with Crippen molar-refractivity contribution in [1.29, 1.82) is 0 Å². The van der Waals surface area contributed by atoms with Gasteiger partial charge in [0.05, 0.1) is 17.1 Å². The molecular formula is C12H12ClNO5. The second-order valence-electron chi connectivity index (χ2n) is 4.24. The van der Waals surface area contributed by atoms with Gasteiger partial charge in [-0.2, -0.15) is 0 Å². The number of nitro benzene ring substituents is 1. The normalized spacial score (nSPS) is 15.7. The van der Waals surface area contributed by atoms with Crippen LogP contribution in [0.15, 0.2) is 18.2 Å². The number of hydrogen-bond donors (Lipinski definition) is 0. The van der Waals surface area contributed by atoms with Crippen LogP contribution in [0.5, 0.6) is 5.75 Å². The summed E-state index contributed by atoms with van der Waals surface area (Å²) >= 11 is 5.91. The molecule has 0 spiro atoms. The van der Waals surface area contributed by atoms with Gasteiger partial charge in [-0.05, 0) is 18.9 Å². The highest BCUT2D eigenvalue weighted by molar-refractivity contribution is 6.32. The Balaban J connectivity index is 2.30. The Labute approximate surface area is 114 Å². The van der Waals surface area contributed by atoms with Crippen LogP contribution < -0.4 is 4.74 Å². The van der Waals surface area contributed by atoms with Gasteiger partial charge in [0.25, 0.3) is 0 Å². The third kappa shape index (κ3) is 2.96. The van der Waals surface area contributed by atoms with Crippen molar-refractivity contribution in [2.45, 2.75) is 18.9 Å². The van der Waals surface area contributed by atoms with E-state index in [9.17, 15) is 14.9 Å². The van der Waals surface area contributed by atoms with Crippen molar-refractivity contribution < 1.29 is 19.2 Å². The van der Waals surface area contributed by atoms with E-state index in [2.05, 4.69) is 4.74 Å². The Morgan fingerprint density at radius 3 is 2.74 bits per heavy atom. The summed E-state index contributed by atoms with van der Waals surface area (Å²) in [7, 11) is 1.25. The molecule has 0 radical (unpaired) electrons. The molecule has 2 rings (SSSR count). The summed E-state index contributed by atoms with van der Waals surface area (Å²) in [5, 5.41) is 11.0. The largest absolute Gasteiger partial charge is 0.470 e. The van der Waals surface area contributed by atoms with E-state index < -0.39 is 17.0 Å². The minimum absolute atomic E-state index is 0.0309. The van der Waals surface area contributed by atoms with Gasteiger partial charge in [-0.25, -0.2) is 4.79 Å². The SMILES string of the molecule is COC(=O)C(Oc1c(Cl)cccc1[N+](=O)[O-])C1CC1. The lowest BCUT2D eigenvalue weighted by molar-refractivity contribution is -0.386. The molecule has 0 aromatic heterocycles. The molecule has 1 aliphatic rings. The van der Waals surface area contributed by atoms with Gasteiger partial charge in [0.1, 0.15) is 0 Å². The average Bonchev–Trinajstić information content (AvgIpc) is 3.20. The van der Waals surface area contributed by atoms with E-state index in [0.717, 1.165) is 12.8 Å². The summed E-state index contributed by atoms with van der Waals surface area (Å²) in [6.07, 6.45) is 0.819. The zero-order chi connectivity index (χ0) is 14.0. The summed E-state index contributed by atoms with van der Waals surface area (Å²) in [5.74, 6) is -0.600. The second kappa shape index (κ2) is 5.44. The van der Waals surface area contributed by atoms with Crippen LogP contribution in [0.1, 0.15) is 12.8 Å². The quantitative estimate of drug-likeness (QED) is 0.472. The molecule has 102 valence electrons. The highest BCUT2D eigenvalue weighted by atomic mass is 35.5. The van der Waals surface area contributed by atoms with Crippen molar-refractivity contribution in [3.63, 3.8) is 0 Å². The maximum atomic E-state index is 11.6. The van der Waals surface area contributed by atoms with E-state index in [4.69, 9.17) is 16.3 Å². The number of carbonyl (C=O) groups excluding carboxylic acids is 1. The van der Waals surface area contributed by atoms with Crippen molar-refractivity contribution in [3.8, 4) is 5.75 Å². The maximum absolute atomic E-state index is 11.6. The third-order valence-corrected chi connectivity index (χ3v) is 3.17. The minimum atomic E-state index is -0.844. The van der Waals surface area contributed by atoms with Crippen LogP contribution in [-0.4, -0.2) is 24.1 Å². The second-order valence-corrected chi connectivity index (χ2v) is 4.65. The lowest BCUT2D eigenvalue weighted by atomic mass is 10.2. The lowest BCUT2D eigenvalue weighted by Crippen LogP contribution is -2.31. The van der Waals surface area contributed by atoms with Crippen molar-refractivity contribution in [2.24, 2.45) is 5.92 Å². The topological polar surface area (TPSA) is 78.7 Å². The lowest BCUT2D eigenvalue weighted by Gasteiger charge is -2.16. The van der Waals surface area contributed by atoms with Crippen molar-refractivity contribution in [3.05, 3.63) is 33.3 Å². The molecule has 0 heterocycles. The van der Waals surface area contributed by atoms with Crippen molar-refractivity contribution >= 4 is 23.3 Å². The summed E-state index contributed by atoms with van der Waals surface area (Å²) in [6, 6.07) is 4.21. The average molecular weight is 286 g/mol. The van der Waals surface area contributed by atoms with Gasteiger partial charge in [0, 0.05) is 12.0 Å². The van der Waals surface area contributed by atoms with E-state index in [1.165, 1.54) is 25.3 Å². The van der Waals surface area contributed by atoms with Gasteiger partial charge in [-0.3, -0.25) is 10.1 Å². The predicted molar refractivity (Wildman–Crippen MR) is 67.3 cm³/mol. The number of benzene rings is 1. The number of para-hydroxylation sites is 1. The standard InChI is InChI=1S/C12H12ClNO5/c1-18-12(15)10(7-5-6-7)19-11-8(13)3-2-4-9(11)14(16)17/h2-4,7,10H,5-6H2,1H3. The summed E-state index contributed by atoms with van der Waals surface area (Å²) in [5.41, 5.74) is -0.262. The highest BCUT2D eigenvalue weighted by Gasteiger charge is 2.40. The van der Waals surface area contributed by atoms with Crippen LogP contribution in [0, 0.1) is 16.0 Å². The number of halogens is 1. The van der Waals surface area contributed by atoms with E-state index in [1.54, 1.807) is 0 Å². The first-order valence-electron chi connectivity index (χ1n) is 5.72. The first-order chi connectivity index (χ1) is 9.04. The fraction of sp³-hybridized carbons (Fsp3) is 0.417. The Morgan fingerprint density at radius 1 is 1.53 bits per heavy atom. The molecule has 1 fully saturated rings. The molecule has 0 aliphatic heterocycles. The minimum Gasteiger partial charge on any atom is -0.470 e. The van der Waals surface area contributed by atoms with Crippen LogP contribution in [-0.2, 0) is 9.53 Å². The fourth-order valence-electron chi connectivity index (χ4n) is 1.74. The van der Waals surface area contributed by atoms with Gasteiger partial charge < -0.3 is 9.47 Å². The molecule has 1 unspecified atom stereocenters. The number of methoxy groups -OCH3 is 1. The van der Waals surface area contributed by atoms with Crippen LogP contribution in [0.2, 0.25) is 5.02 Å². The third-order valence-electron chi connectivity index (χ3n) is 2.87. The Morgan fingerprint density at radius 2 is 2.21 bits per heavy atom. The zero-order valence-electron chi connectivity index (χ0n) is 10.2. The number of rotatable bonds is 5. The molecule has 1 atom stereocenters. The molecule has 0 N–H and O–H groups in total. The Bertz CT molecular complexity index is 515. The number of carbonyl (C=O) groups is 1. The molecule has 1 aromatic carbocycles. The number of hydrogen-bond acceptors (Lipinski definition) is 5. The first kappa shape index (κ1) is 13.6. The summed E-state index contributed by atoms with van der Waals surface area (Å²) in [4.78, 5) is 22.0. The fourth-order valence-corrected chi connectivity index (χ4v) is 1.95. The van der Waals surface area contributed by atoms with Crippen molar-refractivity contribution in [2.75, 3.05) is 7.11 Å². The van der Waals surface area contributed by atoms with E-state index in [1.807, 2.05) is 0 Å².